The second kappa shape index (κ2) is 7.17. The van der Waals surface area contributed by atoms with E-state index in [1.165, 1.54) is 5.56 Å². The van der Waals surface area contributed by atoms with Crippen molar-refractivity contribution in [2.45, 2.75) is 52.2 Å². The van der Waals surface area contributed by atoms with Gasteiger partial charge in [-0.25, -0.2) is 0 Å². The minimum Gasteiger partial charge on any atom is -0.352 e. The van der Waals surface area contributed by atoms with E-state index in [2.05, 4.69) is 36.6 Å². The molecule has 0 aliphatic heterocycles. The quantitative estimate of drug-likeness (QED) is 0.812. The van der Waals surface area contributed by atoms with E-state index >= 15 is 0 Å². The molecule has 3 atom stereocenters. The molecular weight excluding hydrogens is 224 g/mol. The molecule has 1 aromatic carbocycles. The van der Waals surface area contributed by atoms with E-state index in [1.54, 1.807) is 0 Å². The lowest BCUT2D eigenvalue weighted by atomic mass is 10.1. The van der Waals surface area contributed by atoms with Crippen LogP contribution in [0.3, 0.4) is 0 Å². The van der Waals surface area contributed by atoms with Crippen molar-refractivity contribution in [1.82, 2.24) is 10.6 Å². The Morgan fingerprint density at radius 1 is 1.17 bits per heavy atom. The molecule has 2 N–H and O–H groups in total. The van der Waals surface area contributed by atoms with E-state index < -0.39 is 0 Å². The minimum absolute atomic E-state index is 0.0622. The van der Waals surface area contributed by atoms with Crippen molar-refractivity contribution < 1.29 is 4.79 Å². The molecule has 0 aliphatic carbocycles. The van der Waals surface area contributed by atoms with Crippen LogP contribution in [0.4, 0.5) is 0 Å². The Bertz CT molecular complexity index is 364. The number of hydrogen-bond donors (Lipinski definition) is 2. The van der Waals surface area contributed by atoms with Crippen molar-refractivity contribution in [1.29, 1.82) is 0 Å². The average molecular weight is 248 g/mol. The Morgan fingerprint density at radius 2 is 1.78 bits per heavy atom. The Labute approximate surface area is 110 Å². The van der Waals surface area contributed by atoms with Crippen LogP contribution in [0.15, 0.2) is 30.3 Å². The fraction of sp³-hybridized carbons (Fsp3) is 0.533. The van der Waals surface area contributed by atoms with Crippen molar-refractivity contribution in [3.8, 4) is 0 Å². The van der Waals surface area contributed by atoms with Gasteiger partial charge in [0.05, 0.1) is 6.04 Å². The highest BCUT2D eigenvalue weighted by molar-refractivity contribution is 5.81. The number of benzene rings is 1. The Kier molecular flexibility index (Phi) is 5.86. The summed E-state index contributed by atoms with van der Waals surface area (Å²) in [5, 5.41) is 6.30. The molecule has 0 saturated carbocycles. The van der Waals surface area contributed by atoms with Gasteiger partial charge in [0, 0.05) is 12.1 Å². The molecule has 3 nitrogen and oxygen atoms in total. The van der Waals surface area contributed by atoms with Crippen LogP contribution < -0.4 is 10.6 Å². The SMILES string of the molecule is CCC(C)NC(=O)C(C)N[C@@H](C)c1ccccc1. The third kappa shape index (κ3) is 4.49. The summed E-state index contributed by atoms with van der Waals surface area (Å²) < 4.78 is 0. The fourth-order valence-corrected chi connectivity index (χ4v) is 1.76. The summed E-state index contributed by atoms with van der Waals surface area (Å²) in [4.78, 5) is 11.9. The Hall–Kier alpha value is -1.35. The number of nitrogens with one attached hydrogen (secondary N) is 2. The highest BCUT2D eigenvalue weighted by Gasteiger charge is 2.17. The smallest absolute Gasteiger partial charge is 0.237 e. The second-order valence-electron chi connectivity index (χ2n) is 4.84. The molecule has 0 heterocycles. The summed E-state index contributed by atoms with van der Waals surface area (Å²) in [7, 11) is 0. The van der Waals surface area contributed by atoms with Gasteiger partial charge in [-0.2, -0.15) is 0 Å². The monoisotopic (exact) mass is 248 g/mol. The lowest BCUT2D eigenvalue weighted by molar-refractivity contribution is -0.123. The van der Waals surface area contributed by atoms with Crippen LogP contribution in [-0.2, 0) is 4.79 Å². The summed E-state index contributed by atoms with van der Waals surface area (Å²) in [6, 6.07) is 10.4. The summed E-state index contributed by atoms with van der Waals surface area (Å²) in [6.45, 7) is 8.06. The van der Waals surface area contributed by atoms with Crippen molar-refractivity contribution in [2.24, 2.45) is 0 Å². The third-order valence-electron chi connectivity index (χ3n) is 3.19. The molecule has 2 unspecified atom stereocenters. The zero-order chi connectivity index (χ0) is 13.5. The van der Waals surface area contributed by atoms with Crippen molar-refractivity contribution >= 4 is 5.91 Å². The lowest BCUT2D eigenvalue weighted by Gasteiger charge is -2.21. The van der Waals surface area contributed by atoms with Crippen LogP contribution in [0.1, 0.15) is 45.7 Å². The second-order valence-corrected chi connectivity index (χ2v) is 4.84. The van der Waals surface area contributed by atoms with E-state index in [4.69, 9.17) is 0 Å². The summed E-state index contributed by atoms with van der Waals surface area (Å²) >= 11 is 0. The molecule has 0 bridgehead atoms. The summed E-state index contributed by atoms with van der Waals surface area (Å²) in [6.07, 6.45) is 0.951. The molecule has 1 aromatic rings. The standard InChI is InChI=1S/C15H24N2O/c1-5-11(2)16-15(18)13(4)17-12(3)14-9-7-6-8-10-14/h6-13,17H,5H2,1-4H3,(H,16,18)/t11?,12-,13?/m0/s1. The number of hydrogen-bond acceptors (Lipinski definition) is 2. The van der Waals surface area contributed by atoms with E-state index in [0.29, 0.717) is 0 Å². The van der Waals surface area contributed by atoms with E-state index in [-0.39, 0.29) is 24.0 Å². The van der Waals surface area contributed by atoms with Gasteiger partial charge in [-0.3, -0.25) is 10.1 Å². The lowest BCUT2D eigenvalue weighted by Crippen LogP contribution is -2.45. The molecule has 3 heteroatoms. The van der Waals surface area contributed by atoms with Crippen LogP contribution in [0.25, 0.3) is 0 Å². The largest absolute Gasteiger partial charge is 0.352 e. The molecular formula is C15H24N2O. The van der Waals surface area contributed by atoms with Gasteiger partial charge in [0.1, 0.15) is 0 Å². The molecule has 1 rings (SSSR count). The summed E-state index contributed by atoms with van der Waals surface area (Å²) in [5.74, 6) is 0.0622. The number of amides is 1. The van der Waals surface area contributed by atoms with E-state index in [0.717, 1.165) is 6.42 Å². The van der Waals surface area contributed by atoms with Gasteiger partial charge in [-0.1, -0.05) is 37.3 Å². The fourth-order valence-electron chi connectivity index (χ4n) is 1.76. The third-order valence-corrected chi connectivity index (χ3v) is 3.19. The summed E-state index contributed by atoms with van der Waals surface area (Å²) in [5.41, 5.74) is 1.20. The number of rotatable bonds is 6. The van der Waals surface area contributed by atoms with Gasteiger partial charge in [-0.05, 0) is 32.8 Å². The maximum absolute atomic E-state index is 11.9. The predicted molar refractivity (Wildman–Crippen MR) is 75.4 cm³/mol. The molecule has 0 aliphatic rings. The first kappa shape index (κ1) is 14.7. The average Bonchev–Trinajstić information content (AvgIpc) is 2.39. The van der Waals surface area contributed by atoms with Gasteiger partial charge in [0.25, 0.3) is 0 Å². The van der Waals surface area contributed by atoms with E-state index in [9.17, 15) is 4.79 Å². The van der Waals surface area contributed by atoms with Gasteiger partial charge in [-0.15, -0.1) is 0 Å². The molecule has 0 spiro atoms. The number of carbonyl (C=O) groups is 1. The van der Waals surface area contributed by atoms with E-state index in [1.807, 2.05) is 32.0 Å². The Balaban J connectivity index is 2.49. The van der Waals surface area contributed by atoms with Crippen molar-refractivity contribution in [2.75, 3.05) is 0 Å². The minimum atomic E-state index is -0.186. The molecule has 18 heavy (non-hydrogen) atoms. The molecule has 100 valence electrons. The highest BCUT2D eigenvalue weighted by Crippen LogP contribution is 2.11. The van der Waals surface area contributed by atoms with Crippen molar-refractivity contribution in [3.63, 3.8) is 0 Å². The first-order valence-electron chi connectivity index (χ1n) is 6.66. The van der Waals surface area contributed by atoms with Gasteiger partial charge in [0.2, 0.25) is 5.91 Å². The van der Waals surface area contributed by atoms with Gasteiger partial charge in [0.15, 0.2) is 0 Å². The normalized spacial score (nSPS) is 15.8. The zero-order valence-corrected chi connectivity index (χ0v) is 11.7. The predicted octanol–water partition coefficient (Wildman–Crippen LogP) is 2.64. The zero-order valence-electron chi connectivity index (χ0n) is 11.7. The van der Waals surface area contributed by atoms with Crippen LogP contribution in [0, 0.1) is 0 Å². The molecule has 0 radical (unpaired) electrons. The van der Waals surface area contributed by atoms with Gasteiger partial charge < -0.3 is 5.32 Å². The highest BCUT2D eigenvalue weighted by atomic mass is 16.2. The van der Waals surface area contributed by atoms with Crippen LogP contribution in [-0.4, -0.2) is 18.0 Å². The van der Waals surface area contributed by atoms with Crippen LogP contribution >= 0.6 is 0 Å². The molecule has 1 amide bonds. The molecule has 0 fully saturated rings. The van der Waals surface area contributed by atoms with Gasteiger partial charge >= 0.3 is 0 Å². The maximum atomic E-state index is 11.9. The Morgan fingerprint density at radius 3 is 2.33 bits per heavy atom. The van der Waals surface area contributed by atoms with Crippen LogP contribution in [0.2, 0.25) is 0 Å². The topological polar surface area (TPSA) is 41.1 Å². The van der Waals surface area contributed by atoms with Crippen LogP contribution in [0.5, 0.6) is 0 Å². The number of carbonyl (C=O) groups excluding carboxylic acids is 1. The molecule has 0 aromatic heterocycles. The first-order chi connectivity index (χ1) is 8.54. The maximum Gasteiger partial charge on any atom is 0.237 e. The van der Waals surface area contributed by atoms with Crippen molar-refractivity contribution in [3.05, 3.63) is 35.9 Å². The molecule has 0 saturated heterocycles. The first-order valence-corrected chi connectivity index (χ1v) is 6.66.